The van der Waals surface area contributed by atoms with Gasteiger partial charge >= 0.3 is 11.9 Å². The smallest absolute Gasteiger partial charge is 0.340 e. The number of ketones is 1. The number of allylic oxidation sites excluding steroid dienone is 2. The van der Waals surface area contributed by atoms with E-state index in [0.717, 1.165) is 0 Å². The van der Waals surface area contributed by atoms with E-state index in [1.165, 1.54) is 14.2 Å². The summed E-state index contributed by atoms with van der Waals surface area (Å²) in [6.45, 7) is 0. The maximum atomic E-state index is 12.6. The lowest BCUT2D eigenvalue weighted by molar-refractivity contribution is -0.136. The number of methoxy groups -OCH3 is 2. The van der Waals surface area contributed by atoms with Gasteiger partial charge in [-0.1, -0.05) is 12.1 Å². The summed E-state index contributed by atoms with van der Waals surface area (Å²) in [6.07, 6.45) is 1.63. The molecule has 2 aliphatic rings. The first-order valence-electron chi connectivity index (χ1n) is 8.18. The van der Waals surface area contributed by atoms with Crippen LogP contribution < -0.4 is 5.73 Å². The van der Waals surface area contributed by atoms with Crippen molar-refractivity contribution in [3.05, 3.63) is 58.2 Å². The summed E-state index contributed by atoms with van der Waals surface area (Å²) in [7, 11) is 2.54. The van der Waals surface area contributed by atoms with Crippen molar-refractivity contribution in [2.75, 3.05) is 14.2 Å². The minimum atomic E-state index is -0.689. The molecule has 0 radical (unpaired) electrons. The second-order valence-corrected chi connectivity index (χ2v) is 6.03. The van der Waals surface area contributed by atoms with Crippen LogP contribution in [0.4, 0.5) is 0 Å². The molecular weight excluding hydrogens is 338 g/mol. The van der Waals surface area contributed by atoms with Crippen molar-refractivity contribution in [3.63, 3.8) is 0 Å². The Morgan fingerprint density at radius 3 is 2.35 bits per heavy atom. The fourth-order valence-corrected chi connectivity index (χ4v) is 3.33. The van der Waals surface area contributed by atoms with Crippen molar-refractivity contribution in [1.29, 1.82) is 0 Å². The van der Waals surface area contributed by atoms with Gasteiger partial charge in [0.1, 0.15) is 11.3 Å². The summed E-state index contributed by atoms with van der Waals surface area (Å²) in [5.74, 6) is -1.47. The van der Waals surface area contributed by atoms with Crippen LogP contribution in [0.25, 0.3) is 0 Å². The van der Waals surface area contributed by atoms with Gasteiger partial charge in [0.25, 0.3) is 0 Å². The van der Waals surface area contributed by atoms with Crippen molar-refractivity contribution >= 4 is 17.7 Å². The number of carbonyl (C=O) groups excluding carboxylic acids is 3. The quantitative estimate of drug-likeness (QED) is 0.824. The molecule has 26 heavy (non-hydrogen) atoms. The maximum Gasteiger partial charge on any atom is 0.340 e. The van der Waals surface area contributed by atoms with E-state index in [9.17, 15) is 14.4 Å². The van der Waals surface area contributed by atoms with Crippen molar-refractivity contribution in [2.24, 2.45) is 5.73 Å². The van der Waals surface area contributed by atoms with Crippen LogP contribution in [0.5, 0.6) is 0 Å². The molecular formula is C19H19NO6. The monoisotopic (exact) mass is 357 g/mol. The van der Waals surface area contributed by atoms with Gasteiger partial charge in [0, 0.05) is 18.4 Å². The predicted molar refractivity (Wildman–Crippen MR) is 90.7 cm³/mol. The molecule has 0 fully saturated rings. The van der Waals surface area contributed by atoms with Crippen molar-refractivity contribution in [2.45, 2.75) is 25.2 Å². The lowest BCUT2D eigenvalue weighted by Crippen LogP contribution is -2.31. The number of carbonyl (C=O) groups is 3. The first kappa shape index (κ1) is 17.7. The highest BCUT2D eigenvalue weighted by atomic mass is 16.5. The second-order valence-electron chi connectivity index (χ2n) is 6.03. The van der Waals surface area contributed by atoms with E-state index in [2.05, 4.69) is 0 Å². The Bertz CT molecular complexity index is 834. The minimum absolute atomic E-state index is 0.0626. The number of benzene rings is 1. The van der Waals surface area contributed by atoms with Gasteiger partial charge in [-0.15, -0.1) is 0 Å². The highest BCUT2D eigenvalue weighted by Crippen LogP contribution is 2.43. The molecule has 2 N–H and O–H groups in total. The Labute approximate surface area is 150 Å². The molecule has 0 bridgehead atoms. The Morgan fingerprint density at radius 1 is 1.08 bits per heavy atom. The van der Waals surface area contributed by atoms with Crippen LogP contribution in [-0.4, -0.2) is 31.9 Å². The average molecular weight is 357 g/mol. The van der Waals surface area contributed by atoms with E-state index in [4.69, 9.17) is 19.9 Å². The van der Waals surface area contributed by atoms with Gasteiger partial charge in [-0.2, -0.15) is 0 Å². The number of hydrogen-bond acceptors (Lipinski definition) is 7. The highest BCUT2D eigenvalue weighted by molar-refractivity contribution is 6.03. The molecule has 7 nitrogen and oxygen atoms in total. The first-order valence-corrected chi connectivity index (χ1v) is 8.18. The highest BCUT2D eigenvalue weighted by Gasteiger charge is 2.41. The van der Waals surface area contributed by atoms with Gasteiger partial charge in [-0.3, -0.25) is 4.79 Å². The summed E-state index contributed by atoms with van der Waals surface area (Å²) in [4.78, 5) is 36.5. The fraction of sp³-hybridized carbons (Fsp3) is 0.316. The van der Waals surface area contributed by atoms with Gasteiger partial charge in [0.05, 0.1) is 25.7 Å². The van der Waals surface area contributed by atoms with Gasteiger partial charge in [0.15, 0.2) is 5.78 Å². The molecule has 1 atom stereocenters. The van der Waals surface area contributed by atoms with E-state index in [1.807, 2.05) is 0 Å². The Hall–Kier alpha value is -3.09. The van der Waals surface area contributed by atoms with E-state index in [1.54, 1.807) is 24.3 Å². The van der Waals surface area contributed by atoms with Crippen molar-refractivity contribution in [1.82, 2.24) is 0 Å². The molecule has 3 rings (SSSR count). The standard InChI is InChI=1S/C19H19NO6/c1-24-18(22)11-8-6-10(7-9-11)14-15-12(21)4-3-5-13(15)26-17(20)16(14)19(23)25-2/h6-9,14H,3-5,20H2,1-2H3/t14-/m0/s1. The van der Waals surface area contributed by atoms with Crippen LogP contribution in [0.2, 0.25) is 0 Å². The zero-order valence-corrected chi connectivity index (χ0v) is 14.5. The molecule has 1 aliphatic carbocycles. The van der Waals surface area contributed by atoms with Crippen molar-refractivity contribution < 1.29 is 28.6 Å². The molecule has 1 heterocycles. The summed E-state index contributed by atoms with van der Waals surface area (Å²) in [5.41, 5.74) is 7.50. The fourth-order valence-electron chi connectivity index (χ4n) is 3.33. The minimum Gasteiger partial charge on any atom is -0.465 e. The summed E-state index contributed by atoms with van der Waals surface area (Å²) in [5, 5.41) is 0. The van der Waals surface area contributed by atoms with Gasteiger partial charge < -0.3 is 19.9 Å². The SMILES string of the molecule is COC(=O)C1=C(N)OC2=C(C(=O)CCC2)[C@@H]1c1ccc(C(=O)OC)cc1. The molecule has 0 amide bonds. The summed E-state index contributed by atoms with van der Waals surface area (Å²) >= 11 is 0. The van der Waals surface area contributed by atoms with Gasteiger partial charge in [-0.05, 0) is 24.1 Å². The largest absolute Gasteiger partial charge is 0.465 e. The number of esters is 2. The lowest BCUT2D eigenvalue weighted by atomic mass is 9.77. The first-order chi connectivity index (χ1) is 12.5. The molecule has 136 valence electrons. The topological polar surface area (TPSA) is 105 Å². The average Bonchev–Trinajstić information content (AvgIpc) is 2.66. The number of ether oxygens (including phenoxy) is 3. The summed E-state index contributed by atoms with van der Waals surface area (Å²) in [6, 6.07) is 6.50. The molecule has 1 aromatic rings. The lowest BCUT2D eigenvalue weighted by Gasteiger charge is -2.32. The Kier molecular flexibility index (Phi) is 4.79. The Morgan fingerprint density at radius 2 is 1.73 bits per heavy atom. The van der Waals surface area contributed by atoms with E-state index in [-0.39, 0.29) is 17.2 Å². The van der Waals surface area contributed by atoms with Crippen LogP contribution in [0.1, 0.15) is 41.1 Å². The third kappa shape index (κ3) is 2.96. The van der Waals surface area contributed by atoms with Gasteiger partial charge in [0.2, 0.25) is 5.88 Å². The Balaban J connectivity index is 2.12. The normalized spacial score (nSPS) is 19.6. The molecule has 0 unspecified atom stereocenters. The van der Waals surface area contributed by atoms with Gasteiger partial charge in [-0.25, -0.2) is 9.59 Å². The number of hydrogen-bond donors (Lipinski definition) is 1. The van der Waals surface area contributed by atoms with Crippen molar-refractivity contribution in [3.8, 4) is 0 Å². The zero-order chi connectivity index (χ0) is 18.8. The molecule has 1 aliphatic heterocycles. The summed E-state index contributed by atoms with van der Waals surface area (Å²) < 4.78 is 15.1. The van der Waals surface area contributed by atoms with Crippen LogP contribution in [0.3, 0.4) is 0 Å². The number of nitrogens with two attached hydrogens (primary N) is 1. The van der Waals surface area contributed by atoms with Crippen LogP contribution in [-0.2, 0) is 23.8 Å². The van der Waals surface area contributed by atoms with E-state index >= 15 is 0 Å². The predicted octanol–water partition coefficient (Wildman–Crippen LogP) is 1.94. The molecule has 7 heteroatoms. The zero-order valence-electron chi connectivity index (χ0n) is 14.5. The molecule has 1 aromatic carbocycles. The maximum absolute atomic E-state index is 12.6. The third-order valence-electron chi connectivity index (χ3n) is 4.55. The number of rotatable bonds is 3. The van der Waals surface area contributed by atoms with E-state index < -0.39 is 17.9 Å². The molecule has 0 saturated carbocycles. The van der Waals surface area contributed by atoms with Crippen LogP contribution in [0.15, 0.2) is 47.1 Å². The molecule has 0 saturated heterocycles. The molecule has 0 aromatic heterocycles. The van der Waals surface area contributed by atoms with Crippen LogP contribution in [0, 0.1) is 0 Å². The van der Waals surface area contributed by atoms with Crippen LogP contribution >= 0.6 is 0 Å². The number of Topliss-reactive ketones (excluding diaryl/α,β-unsaturated/α-hetero) is 1. The second kappa shape index (κ2) is 7.03. The molecule has 0 spiro atoms. The third-order valence-corrected chi connectivity index (χ3v) is 4.55. The van der Waals surface area contributed by atoms with E-state index in [0.29, 0.717) is 41.7 Å².